The van der Waals surface area contributed by atoms with E-state index in [4.69, 9.17) is 0 Å². The Morgan fingerprint density at radius 1 is 1.41 bits per heavy atom. The molecule has 0 spiro atoms. The molecule has 1 N–H and O–H groups in total. The quantitative estimate of drug-likeness (QED) is 0.779. The van der Waals surface area contributed by atoms with Crippen molar-refractivity contribution in [1.82, 2.24) is 5.32 Å². The van der Waals surface area contributed by atoms with E-state index in [9.17, 15) is 0 Å². The Balaban J connectivity index is 2.12. The second-order valence-electron chi connectivity index (χ2n) is 5.15. The first-order valence-electron chi connectivity index (χ1n) is 6.69. The van der Waals surface area contributed by atoms with Gasteiger partial charge < -0.3 is 5.32 Å². The Morgan fingerprint density at radius 2 is 2.24 bits per heavy atom. The van der Waals surface area contributed by atoms with Gasteiger partial charge >= 0.3 is 0 Å². The number of hydrogen-bond donors (Lipinski definition) is 1. The van der Waals surface area contributed by atoms with Crippen molar-refractivity contribution in [2.75, 3.05) is 13.1 Å². The molecule has 2 heteroatoms. The van der Waals surface area contributed by atoms with Crippen molar-refractivity contribution in [3.05, 3.63) is 34.3 Å². The maximum atomic E-state index is 3.60. The molecule has 0 radical (unpaired) electrons. The molecule has 1 nitrogen and oxygen atoms in total. The summed E-state index contributed by atoms with van der Waals surface area (Å²) < 4.78 is 1.20. The highest BCUT2D eigenvalue weighted by molar-refractivity contribution is 9.10. The van der Waals surface area contributed by atoms with Gasteiger partial charge in [-0.3, -0.25) is 0 Å². The summed E-state index contributed by atoms with van der Waals surface area (Å²) in [6, 6.07) is 8.85. The Hall–Kier alpha value is -0.340. The normalized spacial score (nSPS) is 27.1. The highest BCUT2D eigenvalue weighted by Crippen LogP contribution is 2.55. The zero-order chi connectivity index (χ0) is 12.3. The molecule has 17 heavy (non-hydrogen) atoms. The summed E-state index contributed by atoms with van der Waals surface area (Å²) in [7, 11) is 0. The smallest absolute Gasteiger partial charge is 0.0178 e. The fraction of sp³-hybridized carbons (Fsp3) is 0.600. The summed E-state index contributed by atoms with van der Waals surface area (Å²) in [5.74, 6) is 0.862. The molecule has 0 amide bonds. The van der Waals surface area contributed by atoms with E-state index in [1.54, 1.807) is 0 Å². The molecule has 2 unspecified atom stereocenters. The molecule has 94 valence electrons. The number of hydrogen-bond acceptors (Lipinski definition) is 1. The van der Waals surface area contributed by atoms with Crippen LogP contribution in [0.5, 0.6) is 0 Å². The van der Waals surface area contributed by atoms with Gasteiger partial charge in [0.25, 0.3) is 0 Å². The van der Waals surface area contributed by atoms with Crippen LogP contribution < -0.4 is 5.32 Å². The monoisotopic (exact) mass is 295 g/mol. The van der Waals surface area contributed by atoms with Gasteiger partial charge in [0.15, 0.2) is 0 Å². The van der Waals surface area contributed by atoms with Crippen molar-refractivity contribution in [2.45, 2.75) is 38.5 Å². The highest BCUT2D eigenvalue weighted by atomic mass is 79.9. The van der Waals surface area contributed by atoms with Crippen LogP contribution in [0.2, 0.25) is 0 Å². The third-order valence-corrected chi connectivity index (χ3v) is 4.48. The maximum Gasteiger partial charge on any atom is 0.0178 e. The van der Waals surface area contributed by atoms with Gasteiger partial charge in [-0.25, -0.2) is 0 Å². The molecule has 1 aliphatic carbocycles. The molecule has 1 aliphatic rings. The van der Waals surface area contributed by atoms with Crippen molar-refractivity contribution < 1.29 is 0 Å². The lowest BCUT2D eigenvalue weighted by molar-refractivity contribution is 0.523. The lowest BCUT2D eigenvalue weighted by atomic mass is 9.92. The molecule has 2 rings (SSSR count). The molecule has 0 aliphatic heterocycles. The predicted octanol–water partition coefficient (Wildman–Crippen LogP) is 4.12. The van der Waals surface area contributed by atoms with Crippen LogP contribution in [-0.2, 0) is 5.41 Å². The van der Waals surface area contributed by atoms with Gasteiger partial charge in [0, 0.05) is 16.4 Å². The first kappa shape index (κ1) is 13.1. The Kier molecular flexibility index (Phi) is 4.26. The molecule has 1 aromatic rings. The van der Waals surface area contributed by atoms with Gasteiger partial charge in [0.2, 0.25) is 0 Å². The molecule has 2 atom stereocenters. The van der Waals surface area contributed by atoms with Crippen molar-refractivity contribution in [2.24, 2.45) is 5.92 Å². The SMILES string of the molecule is CCCNCC1(c2cccc(Br)c2)CC1CC. The van der Waals surface area contributed by atoms with E-state index in [1.807, 2.05) is 0 Å². The summed E-state index contributed by atoms with van der Waals surface area (Å²) in [4.78, 5) is 0. The minimum absolute atomic E-state index is 0.410. The molecule has 0 heterocycles. The van der Waals surface area contributed by atoms with Crippen molar-refractivity contribution >= 4 is 15.9 Å². The lowest BCUT2D eigenvalue weighted by Crippen LogP contribution is -2.29. The van der Waals surface area contributed by atoms with E-state index in [-0.39, 0.29) is 0 Å². The maximum absolute atomic E-state index is 3.60. The van der Waals surface area contributed by atoms with E-state index in [1.165, 1.54) is 29.3 Å². The molecule has 1 aromatic carbocycles. The van der Waals surface area contributed by atoms with Gasteiger partial charge in [-0.15, -0.1) is 0 Å². The number of benzene rings is 1. The van der Waals surface area contributed by atoms with Crippen LogP contribution in [0, 0.1) is 5.92 Å². The summed E-state index contributed by atoms with van der Waals surface area (Å²) in [5, 5.41) is 3.60. The number of nitrogens with one attached hydrogen (secondary N) is 1. The first-order chi connectivity index (χ1) is 8.23. The summed E-state index contributed by atoms with van der Waals surface area (Å²) in [5.41, 5.74) is 1.91. The third-order valence-electron chi connectivity index (χ3n) is 3.99. The van der Waals surface area contributed by atoms with Crippen molar-refractivity contribution in [3.63, 3.8) is 0 Å². The van der Waals surface area contributed by atoms with Crippen molar-refractivity contribution in [3.8, 4) is 0 Å². The summed E-state index contributed by atoms with van der Waals surface area (Å²) in [6.07, 6.45) is 3.85. The first-order valence-corrected chi connectivity index (χ1v) is 7.49. The molecule has 0 saturated heterocycles. The molecule has 1 saturated carbocycles. The van der Waals surface area contributed by atoms with Crippen LogP contribution in [0.1, 0.15) is 38.7 Å². The number of halogens is 1. The Bertz CT molecular complexity index is 377. The predicted molar refractivity (Wildman–Crippen MR) is 77.4 cm³/mol. The highest BCUT2D eigenvalue weighted by Gasteiger charge is 2.53. The standard InChI is InChI=1S/C15H22BrN/c1-3-8-17-11-15(10-12(15)4-2)13-6-5-7-14(16)9-13/h5-7,9,12,17H,3-4,8,10-11H2,1-2H3. The van der Waals surface area contributed by atoms with Crippen molar-refractivity contribution in [1.29, 1.82) is 0 Å². The van der Waals surface area contributed by atoms with Gasteiger partial charge in [-0.1, -0.05) is 48.3 Å². The summed E-state index contributed by atoms with van der Waals surface area (Å²) in [6.45, 7) is 6.80. The van der Waals surface area contributed by atoms with Crippen LogP contribution in [0.15, 0.2) is 28.7 Å². The van der Waals surface area contributed by atoms with Crippen LogP contribution in [0.3, 0.4) is 0 Å². The Labute approximate surface area is 113 Å². The van der Waals surface area contributed by atoms with Gasteiger partial charge in [0.05, 0.1) is 0 Å². The molecular weight excluding hydrogens is 274 g/mol. The van der Waals surface area contributed by atoms with E-state index >= 15 is 0 Å². The van der Waals surface area contributed by atoms with E-state index in [2.05, 4.69) is 59.4 Å². The average Bonchev–Trinajstić information content (AvgIpc) is 3.05. The molecule has 0 aromatic heterocycles. The fourth-order valence-electron chi connectivity index (χ4n) is 2.87. The fourth-order valence-corrected chi connectivity index (χ4v) is 3.27. The largest absolute Gasteiger partial charge is 0.316 e. The average molecular weight is 296 g/mol. The molecule has 1 fully saturated rings. The zero-order valence-electron chi connectivity index (χ0n) is 10.8. The van der Waals surface area contributed by atoms with Gasteiger partial charge in [0.1, 0.15) is 0 Å². The van der Waals surface area contributed by atoms with Gasteiger partial charge in [-0.05, 0) is 43.0 Å². The summed E-state index contributed by atoms with van der Waals surface area (Å²) >= 11 is 3.59. The topological polar surface area (TPSA) is 12.0 Å². The second-order valence-corrected chi connectivity index (χ2v) is 6.07. The van der Waals surface area contributed by atoms with E-state index in [0.717, 1.165) is 19.0 Å². The lowest BCUT2D eigenvalue weighted by Gasteiger charge is -2.19. The van der Waals surface area contributed by atoms with Crippen LogP contribution in [0.4, 0.5) is 0 Å². The van der Waals surface area contributed by atoms with E-state index in [0.29, 0.717) is 5.41 Å². The van der Waals surface area contributed by atoms with Crippen LogP contribution in [-0.4, -0.2) is 13.1 Å². The number of rotatable bonds is 6. The van der Waals surface area contributed by atoms with E-state index < -0.39 is 0 Å². The minimum Gasteiger partial charge on any atom is -0.316 e. The third kappa shape index (κ3) is 2.74. The van der Waals surface area contributed by atoms with Crippen LogP contribution in [0.25, 0.3) is 0 Å². The Morgan fingerprint density at radius 3 is 2.82 bits per heavy atom. The molecular formula is C15H22BrN. The second kappa shape index (κ2) is 5.53. The van der Waals surface area contributed by atoms with Crippen LogP contribution >= 0.6 is 15.9 Å². The molecule has 0 bridgehead atoms. The van der Waals surface area contributed by atoms with Gasteiger partial charge in [-0.2, -0.15) is 0 Å². The zero-order valence-corrected chi connectivity index (χ0v) is 12.4. The minimum atomic E-state index is 0.410.